The summed E-state index contributed by atoms with van der Waals surface area (Å²) in [5.74, 6) is 0. The van der Waals surface area contributed by atoms with Gasteiger partial charge in [-0.05, 0) is 62.4 Å². The summed E-state index contributed by atoms with van der Waals surface area (Å²) in [5, 5.41) is 7.68. The zero-order valence-electron chi connectivity index (χ0n) is 15.2. The topological polar surface area (TPSA) is 46.1 Å². The third-order valence-electron chi connectivity index (χ3n) is 4.93. The maximum atomic E-state index is 12.6. The summed E-state index contributed by atoms with van der Waals surface area (Å²) in [5.41, 5.74) is 3.27. The predicted molar refractivity (Wildman–Crippen MR) is 112 cm³/mol. The number of halogens is 1. The molecule has 2 heterocycles. The number of carbonyl (C=O) groups is 1. The molecule has 2 amide bonds. The van der Waals surface area contributed by atoms with Gasteiger partial charge in [-0.3, -0.25) is 0 Å². The van der Waals surface area contributed by atoms with E-state index in [0.717, 1.165) is 12.8 Å². The predicted octanol–water partition coefficient (Wildman–Crippen LogP) is 5.95. The minimum absolute atomic E-state index is 0.0945. The van der Waals surface area contributed by atoms with Gasteiger partial charge in [0.2, 0.25) is 0 Å². The maximum Gasteiger partial charge on any atom is 0.319 e. The van der Waals surface area contributed by atoms with E-state index in [0.29, 0.717) is 10.7 Å². The number of nitrogens with one attached hydrogen (secondary N) is 2. The van der Waals surface area contributed by atoms with E-state index in [-0.39, 0.29) is 12.1 Å². The van der Waals surface area contributed by atoms with E-state index in [1.165, 1.54) is 33.8 Å². The zero-order valence-corrected chi connectivity index (χ0v) is 16.7. The van der Waals surface area contributed by atoms with Gasteiger partial charge >= 0.3 is 6.03 Å². The Kier molecular flexibility index (Phi) is 5.23. The number of amides is 2. The highest BCUT2D eigenvalue weighted by Gasteiger charge is 2.26. The molecule has 27 heavy (non-hydrogen) atoms. The van der Waals surface area contributed by atoms with Crippen LogP contribution >= 0.6 is 22.9 Å². The number of hydrogen-bond acceptors (Lipinski definition) is 2. The first kappa shape index (κ1) is 18.1. The smallest absolute Gasteiger partial charge is 0.319 e. The number of anilines is 1. The summed E-state index contributed by atoms with van der Waals surface area (Å²) in [6, 6.07) is 11.0. The second kappa shape index (κ2) is 7.79. The van der Waals surface area contributed by atoms with Crippen molar-refractivity contribution in [2.45, 2.75) is 38.6 Å². The number of hydrogen-bond donors (Lipinski definition) is 2. The highest BCUT2D eigenvalue weighted by atomic mass is 35.5. The number of benzene rings is 1. The Morgan fingerprint density at radius 3 is 2.67 bits per heavy atom. The normalized spacial score (nSPS) is 14.4. The molecule has 0 saturated heterocycles. The minimum atomic E-state index is -0.246. The van der Waals surface area contributed by atoms with Crippen molar-refractivity contribution in [2.24, 2.45) is 0 Å². The van der Waals surface area contributed by atoms with Crippen molar-refractivity contribution in [3.63, 3.8) is 0 Å². The average Bonchev–Trinajstić information content (AvgIpc) is 3.30. The lowest BCUT2D eigenvalue weighted by molar-refractivity contribution is 0.249. The molecule has 3 aromatic rings. The van der Waals surface area contributed by atoms with Gasteiger partial charge in [0.25, 0.3) is 0 Å². The Hall–Kier alpha value is -2.24. The summed E-state index contributed by atoms with van der Waals surface area (Å²) < 4.78 is 2.16. The lowest BCUT2D eigenvalue weighted by atomic mass is 9.93. The number of carbonyl (C=O) groups excluding carboxylic acids is 1. The first-order valence-electron chi connectivity index (χ1n) is 9.23. The zero-order chi connectivity index (χ0) is 18.8. The average molecular weight is 400 g/mol. The number of thiophene rings is 1. The van der Waals surface area contributed by atoms with Gasteiger partial charge in [0.15, 0.2) is 0 Å². The Morgan fingerprint density at radius 1 is 1.15 bits per heavy atom. The molecule has 4 rings (SSSR count). The van der Waals surface area contributed by atoms with Gasteiger partial charge in [0.1, 0.15) is 5.00 Å². The molecular weight excluding hydrogens is 378 g/mol. The lowest BCUT2D eigenvalue weighted by Gasteiger charge is -2.20. The number of fused-ring (bicyclic) bond motifs is 1. The highest BCUT2D eigenvalue weighted by Crippen LogP contribution is 2.40. The van der Waals surface area contributed by atoms with E-state index in [2.05, 4.69) is 34.5 Å². The van der Waals surface area contributed by atoms with Crippen LogP contribution in [0.3, 0.4) is 0 Å². The summed E-state index contributed by atoms with van der Waals surface area (Å²) in [6.07, 6.45) is 8.80. The van der Waals surface area contributed by atoms with E-state index in [4.69, 9.17) is 11.6 Å². The number of urea groups is 1. The van der Waals surface area contributed by atoms with Crippen molar-refractivity contribution < 1.29 is 4.79 Å². The van der Waals surface area contributed by atoms with Crippen LogP contribution in [-0.2, 0) is 12.8 Å². The largest absolute Gasteiger partial charge is 0.331 e. The van der Waals surface area contributed by atoms with E-state index < -0.39 is 0 Å². The van der Waals surface area contributed by atoms with Crippen LogP contribution in [0.5, 0.6) is 0 Å². The summed E-state index contributed by atoms with van der Waals surface area (Å²) in [7, 11) is 0. The van der Waals surface area contributed by atoms with Crippen LogP contribution in [0, 0.1) is 0 Å². The van der Waals surface area contributed by atoms with Crippen molar-refractivity contribution >= 4 is 34.7 Å². The fourth-order valence-corrected chi connectivity index (χ4v) is 5.31. The maximum absolute atomic E-state index is 12.6. The molecule has 4 nitrogen and oxygen atoms in total. The summed E-state index contributed by atoms with van der Waals surface area (Å²) in [4.78, 5) is 14.0. The fraction of sp³-hybridized carbons (Fsp3) is 0.286. The molecule has 2 N–H and O–H groups in total. The van der Waals surface area contributed by atoms with E-state index in [1.807, 2.05) is 35.6 Å². The van der Waals surface area contributed by atoms with Gasteiger partial charge in [-0.25, -0.2) is 4.79 Å². The third kappa shape index (κ3) is 3.75. The van der Waals surface area contributed by atoms with Gasteiger partial charge < -0.3 is 15.2 Å². The van der Waals surface area contributed by atoms with E-state index >= 15 is 0 Å². The Balaban J connectivity index is 1.59. The quantitative estimate of drug-likeness (QED) is 0.559. The SMILES string of the molecule is CC(NC(=O)Nc1ccccc1Cl)c1c(-n2cccc2)sc2c1CCCC2. The molecule has 1 unspecified atom stereocenters. The second-order valence-electron chi connectivity index (χ2n) is 6.82. The molecule has 0 fully saturated rings. The lowest BCUT2D eigenvalue weighted by Crippen LogP contribution is -2.32. The van der Waals surface area contributed by atoms with Crippen LogP contribution in [-0.4, -0.2) is 10.6 Å². The van der Waals surface area contributed by atoms with Crippen LogP contribution < -0.4 is 10.6 Å². The molecule has 1 aromatic carbocycles. The van der Waals surface area contributed by atoms with Crippen LogP contribution in [0.15, 0.2) is 48.8 Å². The van der Waals surface area contributed by atoms with Crippen molar-refractivity contribution in [1.82, 2.24) is 9.88 Å². The molecule has 1 aliphatic carbocycles. The highest BCUT2D eigenvalue weighted by molar-refractivity contribution is 7.15. The van der Waals surface area contributed by atoms with Gasteiger partial charge in [0.05, 0.1) is 16.8 Å². The first-order valence-corrected chi connectivity index (χ1v) is 10.4. The second-order valence-corrected chi connectivity index (χ2v) is 8.31. The number of rotatable bonds is 4. The molecule has 0 aliphatic heterocycles. The van der Waals surface area contributed by atoms with Crippen molar-refractivity contribution in [2.75, 3.05) is 5.32 Å². The number of para-hydroxylation sites is 1. The molecule has 1 atom stereocenters. The Bertz CT molecular complexity index is 948. The van der Waals surface area contributed by atoms with Gasteiger partial charge in [-0.1, -0.05) is 23.7 Å². The minimum Gasteiger partial charge on any atom is -0.331 e. The van der Waals surface area contributed by atoms with E-state index in [9.17, 15) is 4.79 Å². The summed E-state index contributed by atoms with van der Waals surface area (Å²) in [6.45, 7) is 2.05. The van der Waals surface area contributed by atoms with E-state index in [1.54, 1.807) is 12.1 Å². The molecule has 1 aliphatic rings. The monoisotopic (exact) mass is 399 g/mol. The number of aromatic nitrogens is 1. The van der Waals surface area contributed by atoms with Crippen molar-refractivity contribution in [3.05, 3.63) is 69.8 Å². The van der Waals surface area contributed by atoms with Gasteiger partial charge in [-0.2, -0.15) is 0 Å². The molecule has 2 aromatic heterocycles. The van der Waals surface area contributed by atoms with Gasteiger partial charge in [-0.15, -0.1) is 11.3 Å². The molecule has 140 valence electrons. The molecular formula is C21H22ClN3OS. The molecule has 0 radical (unpaired) electrons. The first-order chi connectivity index (χ1) is 13.1. The molecule has 0 saturated carbocycles. The third-order valence-corrected chi connectivity index (χ3v) is 6.58. The Morgan fingerprint density at radius 2 is 1.89 bits per heavy atom. The van der Waals surface area contributed by atoms with Gasteiger partial charge in [0, 0.05) is 22.8 Å². The molecule has 0 spiro atoms. The van der Waals surface area contributed by atoms with Crippen LogP contribution in [0.1, 0.15) is 41.8 Å². The van der Waals surface area contributed by atoms with Crippen molar-refractivity contribution in [3.8, 4) is 5.00 Å². The van der Waals surface area contributed by atoms with Crippen LogP contribution in [0.4, 0.5) is 10.5 Å². The van der Waals surface area contributed by atoms with Crippen LogP contribution in [0.2, 0.25) is 5.02 Å². The Labute approximate surface area is 168 Å². The molecule has 0 bridgehead atoms. The fourth-order valence-electron chi connectivity index (χ4n) is 3.67. The summed E-state index contributed by atoms with van der Waals surface area (Å²) >= 11 is 8.00. The number of aryl methyl sites for hydroxylation is 1. The number of nitrogens with zero attached hydrogens (tertiary/aromatic N) is 1. The van der Waals surface area contributed by atoms with Crippen LogP contribution in [0.25, 0.3) is 5.00 Å². The standard InChI is InChI=1S/C21H22ClN3OS/c1-14(23-21(26)24-17-10-4-3-9-16(17)22)19-15-8-2-5-11-18(15)27-20(19)25-12-6-7-13-25/h3-4,6-7,9-10,12-14H,2,5,8,11H2,1H3,(H2,23,24,26). The van der Waals surface area contributed by atoms with Crippen molar-refractivity contribution in [1.29, 1.82) is 0 Å². The molecule has 6 heteroatoms.